The number of hydrogen-bond acceptors (Lipinski definition) is 4. The Morgan fingerprint density at radius 1 is 0.958 bits per heavy atom. The molecule has 1 aromatic carbocycles. The summed E-state index contributed by atoms with van der Waals surface area (Å²) in [7, 11) is 0. The van der Waals surface area contributed by atoms with Gasteiger partial charge in [-0.05, 0) is 47.7 Å². The summed E-state index contributed by atoms with van der Waals surface area (Å²) < 4.78 is 5.08. The number of thiocarbonyl (C=S) groups is 1. The van der Waals surface area contributed by atoms with Crippen molar-refractivity contribution in [3.63, 3.8) is 0 Å². The third-order valence-corrected chi connectivity index (χ3v) is 5.28. The van der Waals surface area contributed by atoms with E-state index in [1.54, 1.807) is 6.26 Å². The van der Waals surface area contributed by atoms with Crippen molar-refractivity contribution in [2.45, 2.75) is 19.3 Å². The molecule has 4 heterocycles. The van der Waals surface area contributed by atoms with Crippen molar-refractivity contribution in [1.82, 2.24) is 9.97 Å². The van der Waals surface area contributed by atoms with Crippen molar-refractivity contribution in [3.8, 4) is 22.4 Å². The molecule has 2 aliphatic rings. The number of nitrogens with zero attached hydrogens (tertiary/aromatic N) is 3. The minimum atomic E-state index is 0.809. The molecule has 0 bridgehead atoms. The maximum Gasteiger partial charge on any atom is 0.181 e. The van der Waals surface area contributed by atoms with E-state index in [0.717, 1.165) is 47.6 Å². The third kappa shape index (κ3) is 2.08. The lowest BCUT2D eigenvalue weighted by atomic mass is 9.94. The molecule has 0 aliphatic carbocycles. The standard InChI is InChI=1S/C19H15N3OS/c24-18-2-1-12-5-14(6-13-3-4-22(18)19(12)13)15-7-16(9-20-8-15)17-10-23-11-21-17/h5-11H,1-4H2. The first kappa shape index (κ1) is 13.9. The first-order valence-corrected chi connectivity index (χ1v) is 8.50. The van der Waals surface area contributed by atoms with Crippen LogP contribution in [0.1, 0.15) is 17.5 Å². The second kappa shape index (κ2) is 5.24. The van der Waals surface area contributed by atoms with Gasteiger partial charge in [-0.1, -0.05) is 12.2 Å². The average Bonchev–Trinajstić information content (AvgIpc) is 3.29. The molecule has 0 unspecified atom stereocenters. The Labute approximate surface area is 145 Å². The van der Waals surface area contributed by atoms with Crippen LogP contribution in [0.2, 0.25) is 0 Å². The fraction of sp³-hybridized carbons (Fsp3) is 0.211. The van der Waals surface area contributed by atoms with Crippen molar-refractivity contribution >= 4 is 22.9 Å². The summed E-state index contributed by atoms with van der Waals surface area (Å²) in [4.78, 5) is 12.0. The lowest BCUT2D eigenvalue weighted by Crippen LogP contribution is -2.31. The van der Waals surface area contributed by atoms with Gasteiger partial charge in [0, 0.05) is 42.2 Å². The van der Waals surface area contributed by atoms with E-state index < -0.39 is 0 Å². The summed E-state index contributed by atoms with van der Waals surface area (Å²) in [5, 5.41) is 0. The second-order valence-electron chi connectivity index (χ2n) is 6.27. The Balaban J connectivity index is 1.62. The molecule has 118 valence electrons. The fourth-order valence-electron chi connectivity index (χ4n) is 3.72. The molecule has 2 aliphatic heterocycles. The zero-order valence-corrected chi connectivity index (χ0v) is 13.8. The number of benzene rings is 1. The Kier molecular flexibility index (Phi) is 3.03. The quantitative estimate of drug-likeness (QED) is 0.662. The summed E-state index contributed by atoms with van der Waals surface area (Å²) in [5.74, 6) is 0. The van der Waals surface area contributed by atoms with Crippen LogP contribution in [-0.2, 0) is 12.8 Å². The predicted octanol–water partition coefficient (Wildman–Crippen LogP) is 4.04. The van der Waals surface area contributed by atoms with Crippen LogP contribution in [0.15, 0.2) is 47.7 Å². The van der Waals surface area contributed by atoms with E-state index in [2.05, 4.69) is 33.1 Å². The summed E-state index contributed by atoms with van der Waals surface area (Å²) in [6, 6.07) is 6.71. The third-order valence-electron chi connectivity index (χ3n) is 4.85. The number of anilines is 1. The lowest BCUT2D eigenvalue weighted by molar-refractivity contribution is 0.558. The first-order chi connectivity index (χ1) is 11.8. The zero-order valence-electron chi connectivity index (χ0n) is 13.0. The molecule has 0 N–H and O–H groups in total. The highest BCUT2D eigenvalue weighted by atomic mass is 32.1. The number of hydrogen-bond donors (Lipinski definition) is 0. The number of aryl methyl sites for hydroxylation is 1. The van der Waals surface area contributed by atoms with Gasteiger partial charge >= 0.3 is 0 Å². The number of oxazole rings is 1. The van der Waals surface area contributed by atoms with Crippen LogP contribution in [0.3, 0.4) is 0 Å². The molecule has 0 radical (unpaired) electrons. The van der Waals surface area contributed by atoms with Crippen LogP contribution in [0.4, 0.5) is 5.69 Å². The van der Waals surface area contributed by atoms with E-state index in [0.29, 0.717) is 0 Å². The molecular weight excluding hydrogens is 318 g/mol. The molecule has 4 nitrogen and oxygen atoms in total. The van der Waals surface area contributed by atoms with E-state index in [-0.39, 0.29) is 0 Å². The van der Waals surface area contributed by atoms with E-state index in [1.807, 2.05) is 12.4 Å². The van der Waals surface area contributed by atoms with E-state index in [9.17, 15) is 0 Å². The van der Waals surface area contributed by atoms with Crippen LogP contribution in [0.5, 0.6) is 0 Å². The van der Waals surface area contributed by atoms with Gasteiger partial charge in [0.15, 0.2) is 6.39 Å². The molecule has 3 aromatic rings. The summed E-state index contributed by atoms with van der Waals surface area (Å²) >= 11 is 5.52. The molecule has 2 aromatic heterocycles. The van der Waals surface area contributed by atoms with Gasteiger partial charge < -0.3 is 9.32 Å². The zero-order chi connectivity index (χ0) is 16.1. The Morgan fingerprint density at radius 2 is 1.79 bits per heavy atom. The molecule has 0 amide bonds. The molecular formula is C19H15N3OS. The van der Waals surface area contributed by atoms with Gasteiger partial charge in [0.1, 0.15) is 12.0 Å². The Morgan fingerprint density at radius 3 is 2.62 bits per heavy atom. The number of aromatic nitrogens is 2. The minimum Gasteiger partial charge on any atom is -0.451 e. The molecule has 0 spiro atoms. The normalized spacial score (nSPS) is 15.7. The lowest BCUT2D eigenvalue weighted by Gasteiger charge is -2.28. The van der Waals surface area contributed by atoms with Crippen LogP contribution in [0.25, 0.3) is 22.4 Å². The van der Waals surface area contributed by atoms with Gasteiger partial charge in [-0.3, -0.25) is 4.98 Å². The van der Waals surface area contributed by atoms with Crippen molar-refractivity contribution in [3.05, 3.63) is 54.4 Å². The number of rotatable bonds is 2. The summed E-state index contributed by atoms with van der Waals surface area (Å²) in [6.07, 6.45) is 9.89. The highest BCUT2D eigenvalue weighted by Gasteiger charge is 2.29. The van der Waals surface area contributed by atoms with Gasteiger partial charge in [0.25, 0.3) is 0 Å². The summed E-state index contributed by atoms with van der Waals surface area (Å²) in [6.45, 7) is 1.02. The topological polar surface area (TPSA) is 42.2 Å². The van der Waals surface area contributed by atoms with Gasteiger partial charge in [-0.15, -0.1) is 0 Å². The smallest absolute Gasteiger partial charge is 0.181 e. The average molecular weight is 333 g/mol. The predicted molar refractivity (Wildman–Crippen MR) is 97.1 cm³/mol. The van der Waals surface area contributed by atoms with Crippen molar-refractivity contribution < 1.29 is 4.42 Å². The summed E-state index contributed by atoms with van der Waals surface area (Å²) in [5.41, 5.74) is 8.27. The van der Waals surface area contributed by atoms with Crippen LogP contribution in [-0.4, -0.2) is 21.5 Å². The van der Waals surface area contributed by atoms with Crippen LogP contribution < -0.4 is 4.90 Å². The monoisotopic (exact) mass is 333 g/mol. The minimum absolute atomic E-state index is 0.809. The van der Waals surface area contributed by atoms with Crippen LogP contribution >= 0.6 is 12.2 Å². The van der Waals surface area contributed by atoms with Gasteiger partial charge in [-0.2, -0.15) is 0 Å². The fourth-order valence-corrected chi connectivity index (χ4v) is 4.00. The van der Waals surface area contributed by atoms with Gasteiger partial charge in [0.05, 0.1) is 4.99 Å². The molecule has 0 atom stereocenters. The molecule has 24 heavy (non-hydrogen) atoms. The molecule has 5 heteroatoms. The largest absolute Gasteiger partial charge is 0.451 e. The van der Waals surface area contributed by atoms with Crippen molar-refractivity contribution in [1.29, 1.82) is 0 Å². The first-order valence-electron chi connectivity index (χ1n) is 8.10. The van der Waals surface area contributed by atoms with Crippen molar-refractivity contribution in [2.24, 2.45) is 0 Å². The van der Waals surface area contributed by atoms with Crippen molar-refractivity contribution in [2.75, 3.05) is 11.4 Å². The number of pyridine rings is 1. The van der Waals surface area contributed by atoms with E-state index >= 15 is 0 Å². The second-order valence-corrected chi connectivity index (χ2v) is 6.75. The molecule has 0 saturated carbocycles. The van der Waals surface area contributed by atoms with E-state index in [4.69, 9.17) is 16.6 Å². The van der Waals surface area contributed by atoms with Crippen LogP contribution in [0, 0.1) is 0 Å². The molecule has 5 rings (SSSR count). The molecule has 0 fully saturated rings. The Hall–Kier alpha value is -2.53. The maximum atomic E-state index is 5.52. The van der Waals surface area contributed by atoms with Gasteiger partial charge in [-0.25, -0.2) is 4.98 Å². The highest BCUT2D eigenvalue weighted by molar-refractivity contribution is 7.80. The maximum absolute atomic E-state index is 5.52. The van der Waals surface area contributed by atoms with Gasteiger partial charge in [0.2, 0.25) is 0 Å². The SMILES string of the molecule is S=C1CCc2cc(-c3cncc(-c4cocn4)c3)cc3c2N1CC3. The van der Waals surface area contributed by atoms with E-state index in [1.165, 1.54) is 28.8 Å². The Bertz CT molecular complexity index is 949. The molecule has 0 saturated heterocycles. The highest BCUT2D eigenvalue weighted by Crippen LogP contribution is 2.40.